The molecule has 1 unspecified atom stereocenters. The molecule has 7 nitrogen and oxygen atoms in total. The van der Waals surface area contributed by atoms with Gasteiger partial charge in [0.05, 0.1) is 10.4 Å². The Bertz CT molecular complexity index is 1090. The van der Waals surface area contributed by atoms with Crippen molar-refractivity contribution >= 4 is 39.4 Å². The van der Waals surface area contributed by atoms with E-state index in [4.69, 9.17) is 9.47 Å². The number of esters is 2. The van der Waals surface area contributed by atoms with Gasteiger partial charge in [0.25, 0.3) is 0 Å². The third-order valence-electron chi connectivity index (χ3n) is 9.80. The number of ether oxygens (including phenoxy) is 2. The van der Waals surface area contributed by atoms with Crippen LogP contribution in [0.15, 0.2) is 23.8 Å². The SMILES string of the molecule is CCC(=O)OCC(=O)[C@@]1(OC(=O)CC)[C@@H](C)C[C@H]2[C@@H]3C[C@H](F)C4=CC(=O)C=C[C@]4(C)[C@@]3(Br)C(O)C[C@@]21C. The maximum Gasteiger partial charge on any atom is 0.306 e. The molecule has 0 heterocycles. The number of Topliss-reactive ketones (excluding diaryl/α,β-unsaturated/α-hetero) is 1. The number of fused-ring (bicyclic) bond motifs is 5. The van der Waals surface area contributed by atoms with E-state index in [0.717, 1.165) is 0 Å². The molecule has 0 spiro atoms. The van der Waals surface area contributed by atoms with Gasteiger partial charge < -0.3 is 14.6 Å². The zero-order chi connectivity index (χ0) is 27.6. The van der Waals surface area contributed by atoms with Gasteiger partial charge in [-0.3, -0.25) is 19.2 Å². The molecule has 0 saturated heterocycles. The molecule has 1 N–H and O–H groups in total. The summed E-state index contributed by atoms with van der Waals surface area (Å²) in [6.45, 7) is 8.21. The average Bonchev–Trinajstić information content (AvgIpc) is 3.07. The molecule has 0 amide bonds. The Balaban J connectivity index is 1.83. The van der Waals surface area contributed by atoms with E-state index < -0.39 is 69.2 Å². The molecular formula is C28H36BrFO7. The van der Waals surface area contributed by atoms with Crippen molar-refractivity contribution in [3.8, 4) is 0 Å². The molecule has 0 aromatic heterocycles. The number of hydrogen-bond donors (Lipinski definition) is 1. The summed E-state index contributed by atoms with van der Waals surface area (Å²) in [7, 11) is 0. The van der Waals surface area contributed by atoms with Crippen LogP contribution >= 0.6 is 15.9 Å². The predicted molar refractivity (Wildman–Crippen MR) is 136 cm³/mol. The van der Waals surface area contributed by atoms with Gasteiger partial charge in [0.2, 0.25) is 5.78 Å². The normalized spacial score (nSPS) is 44.3. The quantitative estimate of drug-likeness (QED) is 0.369. The largest absolute Gasteiger partial charge is 0.457 e. The number of ketones is 2. The van der Waals surface area contributed by atoms with Gasteiger partial charge in [-0.05, 0) is 48.8 Å². The van der Waals surface area contributed by atoms with Crippen molar-refractivity contribution in [1.82, 2.24) is 0 Å². The van der Waals surface area contributed by atoms with Gasteiger partial charge in [0, 0.05) is 29.6 Å². The molecular weight excluding hydrogens is 547 g/mol. The number of aliphatic hydroxyl groups excluding tert-OH is 1. The van der Waals surface area contributed by atoms with Crippen LogP contribution in [0.25, 0.3) is 0 Å². The highest BCUT2D eigenvalue weighted by Gasteiger charge is 2.77. The number of allylic oxidation sites excluding steroid dienone is 4. The van der Waals surface area contributed by atoms with E-state index in [0.29, 0.717) is 12.0 Å². The molecule has 0 aromatic rings. The molecule has 0 radical (unpaired) electrons. The maximum absolute atomic E-state index is 15.8. The standard InChI is InChI=1S/C28H36BrFO7/c1-6-23(34)36-14-22(33)28(37-24(35)7-2)15(3)10-17-18-12-20(30)19-11-16(31)8-9-25(19,4)27(18,29)21(32)13-26(17,28)5/h8-9,11,15,17-18,20-21,32H,6-7,10,12-14H2,1-5H3/t15-,17-,18-,20-,21?,25-,26-,27-,28-/m0/s1. The number of alkyl halides is 2. The maximum atomic E-state index is 15.8. The smallest absolute Gasteiger partial charge is 0.306 e. The molecule has 3 saturated carbocycles. The van der Waals surface area contributed by atoms with Crippen LogP contribution in [-0.4, -0.2) is 57.4 Å². The fourth-order valence-corrected chi connectivity index (χ4v) is 9.03. The molecule has 4 aliphatic carbocycles. The van der Waals surface area contributed by atoms with Crippen LogP contribution in [0.3, 0.4) is 0 Å². The van der Waals surface area contributed by atoms with Crippen molar-refractivity contribution in [2.45, 2.75) is 88.9 Å². The Morgan fingerprint density at radius 1 is 1.14 bits per heavy atom. The molecule has 9 atom stereocenters. The van der Waals surface area contributed by atoms with Crippen molar-refractivity contribution in [3.63, 3.8) is 0 Å². The molecule has 9 heteroatoms. The van der Waals surface area contributed by atoms with E-state index >= 15 is 4.39 Å². The fourth-order valence-electron chi connectivity index (χ4n) is 8.00. The molecule has 3 fully saturated rings. The van der Waals surface area contributed by atoms with Gasteiger partial charge in [-0.1, -0.05) is 56.6 Å². The molecule has 37 heavy (non-hydrogen) atoms. The minimum Gasteiger partial charge on any atom is -0.457 e. The van der Waals surface area contributed by atoms with E-state index in [9.17, 15) is 24.3 Å². The molecule has 4 aliphatic rings. The summed E-state index contributed by atoms with van der Waals surface area (Å²) in [5.41, 5.74) is -3.32. The van der Waals surface area contributed by atoms with E-state index in [1.54, 1.807) is 19.9 Å². The topological polar surface area (TPSA) is 107 Å². The first-order chi connectivity index (χ1) is 17.2. The second kappa shape index (κ2) is 9.40. The van der Waals surface area contributed by atoms with Gasteiger partial charge in [-0.15, -0.1) is 0 Å². The lowest BCUT2D eigenvalue weighted by atomic mass is 9.45. The first-order valence-electron chi connectivity index (χ1n) is 13.1. The summed E-state index contributed by atoms with van der Waals surface area (Å²) >= 11 is 3.88. The fraction of sp³-hybridized carbons (Fsp3) is 0.714. The van der Waals surface area contributed by atoms with Crippen LogP contribution in [-0.2, 0) is 28.7 Å². The van der Waals surface area contributed by atoms with Crippen molar-refractivity contribution in [3.05, 3.63) is 23.8 Å². The lowest BCUT2D eigenvalue weighted by Gasteiger charge is -2.64. The molecule has 204 valence electrons. The first-order valence-corrected chi connectivity index (χ1v) is 13.9. The number of carbonyl (C=O) groups is 4. The Morgan fingerprint density at radius 2 is 1.78 bits per heavy atom. The second-order valence-electron chi connectivity index (χ2n) is 11.5. The summed E-state index contributed by atoms with van der Waals surface area (Å²) in [5, 5.41) is 11.8. The molecule has 0 aliphatic heterocycles. The summed E-state index contributed by atoms with van der Waals surface area (Å²) in [6, 6.07) is 0. The van der Waals surface area contributed by atoms with Crippen molar-refractivity contribution in [2.75, 3.05) is 6.61 Å². The minimum atomic E-state index is -1.64. The Labute approximate surface area is 225 Å². The lowest BCUT2D eigenvalue weighted by Crippen LogP contribution is -2.70. The first kappa shape index (κ1) is 28.1. The third-order valence-corrected chi connectivity index (χ3v) is 11.7. The number of carbonyl (C=O) groups excluding carboxylic acids is 4. The second-order valence-corrected chi connectivity index (χ2v) is 12.8. The number of aliphatic hydroxyl groups is 1. The van der Waals surface area contributed by atoms with Gasteiger partial charge >= 0.3 is 11.9 Å². The Morgan fingerprint density at radius 3 is 2.41 bits per heavy atom. The summed E-state index contributed by atoms with van der Waals surface area (Å²) in [5.74, 6) is -3.11. The monoisotopic (exact) mass is 582 g/mol. The Kier molecular flexibility index (Phi) is 7.15. The lowest BCUT2D eigenvalue weighted by molar-refractivity contribution is -0.203. The predicted octanol–water partition coefficient (Wildman–Crippen LogP) is 4.19. The van der Waals surface area contributed by atoms with Gasteiger partial charge in [0.15, 0.2) is 18.0 Å². The van der Waals surface area contributed by atoms with E-state index in [2.05, 4.69) is 15.9 Å². The van der Waals surface area contributed by atoms with Crippen LogP contribution in [0.1, 0.15) is 66.7 Å². The molecule has 0 bridgehead atoms. The summed E-state index contributed by atoms with van der Waals surface area (Å²) < 4.78 is 26.0. The number of hydrogen-bond acceptors (Lipinski definition) is 7. The van der Waals surface area contributed by atoms with Crippen LogP contribution < -0.4 is 0 Å². The number of rotatable bonds is 6. The summed E-state index contributed by atoms with van der Waals surface area (Å²) in [4.78, 5) is 50.6. The highest BCUT2D eigenvalue weighted by Crippen LogP contribution is 2.72. The zero-order valence-corrected chi connectivity index (χ0v) is 23.6. The van der Waals surface area contributed by atoms with Gasteiger partial charge in [0.1, 0.15) is 6.17 Å². The Hall–Kier alpha value is -1.87. The van der Waals surface area contributed by atoms with E-state index in [1.165, 1.54) is 12.2 Å². The van der Waals surface area contributed by atoms with Gasteiger partial charge in [-0.2, -0.15) is 0 Å². The van der Waals surface area contributed by atoms with Gasteiger partial charge in [-0.25, -0.2) is 4.39 Å². The van der Waals surface area contributed by atoms with E-state index in [-0.39, 0.29) is 37.4 Å². The summed E-state index contributed by atoms with van der Waals surface area (Å²) in [6.07, 6.45) is 2.70. The molecule has 0 aromatic carbocycles. The highest BCUT2D eigenvalue weighted by atomic mass is 79.9. The highest BCUT2D eigenvalue weighted by molar-refractivity contribution is 9.10. The van der Waals surface area contributed by atoms with Crippen molar-refractivity contribution in [1.29, 1.82) is 0 Å². The van der Waals surface area contributed by atoms with E-state index in [1.807, 2.05) is 20.8 Å². The van der Waals surface area contributed by atoms with Crippen molar-refractivity contribution in [2.24, 2.45) is 28.6 Å². The van der Waals surface area contributed by atoms with Crippen LogP contribution in [0.2, 0.25) is 0 Å². The van der Waals surface area contributed by atoms with Crippen LogP contribution in [0.4, 0.5) is 4.39 Å². The zero-order valence-electron chi connectivity index (χ0n) is 22.0. The van der Waals surface area contributed by atoms with Crippen LogP contribution in [0, 0.1) is 28.6 Å². The molecule has 4 rings (SSSR count). The number of halogens is 2. The van der Waals surface area contributed by atoms with Crippen molar-refractivity contribution < 1.29 is 38.1 Å². The van der Waals surface area contributed by atoms with Crippen LogP contribution in [0.5, 0.6) is 0 Å². The minimum absolute atomic E-state index is 0.0449. The third kappa shape index (κ3) is 3.73. The average molecular weight is 583 g/mol.